The molecule has 30 heavy (non-hydrogen) atoms. The number of anilines is 1. The Morgan fingerprint density at radius 2 is 1.90 bits per heavy atom. The number of aryl methyl sites for hydroxylation is 1. The van der Waals surface area contributed by atoms with Crippen molar-refractivity contribution in [3.05, 3.63) is 73.3 Å². The number of amides is 2. The normalized spacial score (nSPS) is 14.4. The topological polar surface area (TPSA) is 83.7 Å². The Kier molecular flexibility index (Phi) is 5.94. The van der Waals surface area contributed by atoms with E-state index < -0.39 is 5.91 Å². The number of furan rings is 1. The lowest BCUT2D eigenvalue weighted by molar-refractivity contribution is 0.0957. The fourth-order valence-corrected chi connectivity index (χ4v) is 4.53. The van der Waals surface area contributed by atoms with Crippen LogP contribution in [0, 0.1) is 6.92 Å². The number of halogens is 2. The lowest BCUT2D eigenvalue weighted by Gasteiger charge is -2.13. The van der Waals surface area contributed by atoms with Gasteiger partial charge in [-0.05, 0) is 49.4 Å². The lowest BCUT2D eigenvalue weighted by Crippen LogP contribution is -2.21. The van der Waals surface area contributed by atoms with Crippen LogP contribution >= 0.6 is 34.5 Å². The summed E-state index contributed by atoms with van der Waals surface area (Å²) < 4.78 is 5.87. The van der Waals surface area contributed by atoms with Gasteiger partial charge in [-0.3, -0.25) is 9.59 Å². The molecule has 2 aromatic heterocycles. The maximum atomic E-state index is 12.8. The molecule has 2 N–H and O–H groups in total. The first-order chi connectivity index (χ1) is 14.4. The second-order valence-corrected chi connectivity index (χ2v) is 8.62. The summed E-state index contributed by atoms with van der Waals surface area (Å²) in [6.07, 6.45) is 2.20. The number of nitrogens with one attached hydrogen (secondary N) is 2. The minimum atomic E-state index is -0.401. The molecule has 1 aliphatic carbocycles. The number of nitrogens with zero attached hydrogens (tertiary/aromatic N) is 1. The summed E-state index contributed by atoms with van der Waals surface area (Å²) in [5.41, 5.74) is 5.24. The lowest BCUT2D eigenvalue weighted by atomic mass is 9.93. The van der Waals surface area contributed by atoms with Crippen molar-refractivity contribution in [2.45, 2.75) is 26.2 Å². The van der Waals surface area contributed by atoms with Gasteiger partial charge in [0.1, 0.15) is 5.76 Å². The number of rotatable bonds is 4. The van der Waals surface area contributed by atoms with Crippen LogP contribution in [0.25, 0.3) is 0 Å². The van der Waals surface area contributed by atoms with Crippen LogP contribution in [-0.4, -0.2) is 17.5 Å². The van der Waals surface area contributed by atoms with Gasteiger partial charge in [0.2, 0.25) is 0 Å². The van der Waals surface area contributed by atoms with Gasteiger partial charge in [-0.15, -0.1) is 11.3 Å². The third-order valence-corrected chi connectivity index (χ3v) is 5.99. The van der Waals surface area contributed by atoms with Crippen LogP contribution in [0.4, 0.5) is 5.69 Å². The van der Waals surface area contributed by atoms with Crippen LogP contribution in [0.5, 0.6) is 0 Å². The molecule has 154 valence electrons. The quantitative estimate of drug-likeness (QED) is 0.490. The number of hydrogen-bond donors (Lipinski definition) is 2. The summed E-state index contributed by atoms with van der Waals surface area (Å²) >= 11 is 13.3. The van der Waals surface area contributed by atoms with E-state index in [9.17, 15) is 9.59 Å². The second kappa shape index (κ2) is 8.63. The van der Waals surface area contributed by atoms with Crippen LogP contribution in [-0.2, 0) is 6.42 Å². The molecule has 6 nitrogen and oxygen atoms in total. The van der Waals surface area contributed by atoms with E-state index in [0.717, 1.165) is 12.0 Å². The number of carbonyl (C=O) groups excluding carboxylic acids is 2. The Hall–Kier alpha value is -2.61. The Balaban J connectivity index is 1.58. The number of carbonyl (C=O) groups is 2. The van der Waals surface area contributed by atoms with Gasteiger partial charge >= 0.3 is 0 Å². The largest absolute Gasteiger partial charge is 0.455 e. The average Bonchev–Trinajstić information content (AvgIpc) is 3.34. The number of fused-ring (bicyclic) bond motifs is 1. The van der Waals surface area contributed by atoms with Gasteiger partial charge in [0.05, 0.1) is 10.6 Å². The van der Waals surface area contributed by atoms with E-state index in [-0.39, 0.29) is 11.7 Å². The van der Waals surface area contributed by atoms with E-state index in [2.05, 4.69) is 15.8 Å². The van der Waals surface area contributed by atoms with E-state index in [4.69, 9.17) is 27.6 Å². The zero-order valence-electron chi connectivity index (χ0n) is 15.9. The van der Waals surface area contributed by atoms with E-state index in [0.29, 0.717) is 50.5 Å². The first-order valence-corrected chi connectivity index (χ1v) is 10.9. The third-order valence-electron chi connectivity index (χ3n) is 4.69. The predicted octanol–water partition coefficient (Wildman–Crippen LogP) is 5.68. The van der Waals surface area contributed by atoms with Gasteiger partial charge in [0.15, 0.2) is 5.76 Å². The zero-order chi connectivity index (χ0) is 21.3. The molecule has 0 saturated carbocycles. The molecule has 2 amide bonds. The predicted molar refractivity (Wildman–Crippen MR) is 119 cm³/mol. The first kappa shape index (κ1) is 20.7. The fraction of sp³-hybridized carbons (Fsp3) is 0.190. The van der Waals surface area contributed by atoms with Crippen molar-refractivity contribution in [3.8, 4) is 0 Å². The van der Waals surface area contributed by atoms with Crippen LogP contribution in [0.15, 0.2) is 45.2 Å². The highest BCUT2D eigenvalue weighted by atomic mass is 35.5. The van der Waals surface area contributed by atoms with Crippen LogP contribution < -0.4 is 10.7 Å². The van der Waals surface area contributed by atoms with Crippen molar-refractivity contribution in [1.29, 1.82) is 0 Å². The molecule has 0 saturated heterocycles. The van der Waals surface area contributed by atoms with Gasteiger partial charge in [-0.2, -0.15) is 5.10 Å². The number of hydrogen-bond acceptors (Lipinski definition) is 5. The Labute approximate surface area is 186 Å². The van der Waals surface area contributed by atoms with Crippen LogP contribution in [0.2, 0.25) is 10.0 Å². The molecule has 0 fully saturated rings. The molecule has 2 heterocycles. The molecule has 0 radical (unpaired) electrons. The van der Waals surface area contributed by atoms with Crippen molar-refractivity contribution in [2.75, 3.05) is 5.32 Å². The first-order valence-electron chi connectivity index (χ1n) is 9.23. The number of thiophene rings is 1. The van der Waals surface area contributed by atoms with Gasteiger partial charge in [-0.25, -0.2) is 5.43 Å². The zero-order valence-corrected chi connectivity index (χ0v) is 18.2. The van der Waals surface area contributed by atoms with E-state index in [1.54, 1.807) is 24.3 Å². The molecule has 0 atom stereocenters. The minimum absolute atomic E-state index is 0.204. The fourth-order valence-electron chi connectivity index (χ4n) is 3.39. The smallest absolute Gasteiger partial charge is 0.291 e. The van der Waals surface area contributed by atoms with Gasteiger partial charge in [-0.1, -0.05) is 29.3 Å². The second-order valence-electron chi connectivity index (χ2n) is 6.80. The molecule has 4 rings (SSSR count). The van der Waals surface area contributed by atoms with Crippen molar-refractivity contribution < 1.29 is 14.0 Å². The van der Waals surface area contributed by atoms with E-state index >= 15 is 0 Å². The summed E-state index contributed by atoms with van der Waals surface area (Å²) in [5.74, 6) is 0.233. The molecule has 3 aromatic rings. The van der Waals surface area contributed by atoms with Crippen molar-refractivity contribution >= 4 is 57.8 Å². The molecular weight excluding hydrogens is 445 g/mol. The minimum Gasteiger partial charge on any atom is -0.455 e. The summed E-state index contributed by atoms with van der Waals surface area (Å²) in [6, 6.07) is 8.35. The molecule has 9 heteroatoms. The van der Waals surface area contributed by atoms with Gasteiger partial charge in [0.25, 0.3) is 11.8 Å². The summed E-state index contributed by atoms with van der Waals surface area (Å²) in [7, 11) is 0. The molecule has 1 aromatic carbocycles. The highest BCUT2D eigenvalue weighted by Crippen LogP contribution is 2.31. The summed E-state index contributed by atoms with van der Waals surface area (Å²) in [5, 5.41) is 9.76. The van der Waals surface area contributed by atoms with Gasteiger partial charge in [0, 0.05) is 33.3 Å². The van der Waals surface area contributed by atoms with Gasteiger partial charge < -0.3 is 9.73 Å². The summed E-state index contributed by atoms with van der Waals surface area (Å²) in [6.45, 7) is 1.81. The Morgan fingerprint density at radius 3 is 2.60 bits per heavy atom. The summed E-state index contributed by atoms with van der Waals surface area (Å²) in [4.78, 5) is 25.6. The van der Waals surface area contributed by atoms with Crippen LogP contribution in [0.1, 0.15) is 50.0 Å². The molecule has 1 aliphatic rings. The molecule has 0 spiro atoms. The molecule has 0 aliphatic heterocycles. The Bertz CT molecular complexity index is 1130. The maximum absolute atomic E-state index is 12.8. The average molecular weight is 462 g/mol. The van der Waals surface area contributed by atoms with Crippen molar-refractivity contribution in [2.24, 2.45) is 5.10 Å². The van der Waals surface area contributed by atoms with Crippen molar-refractivity contribution in [1.82, 2.24) is 5.43 Å². The highest BCUT2D eigenvalue weighted by Gasteiger charge is 2.28. The molecule has 0 bridgehead atoms. The number of hydrazone groups is 1. The molecule has 0 unspecified atom stereocenters. The van der Waals surface area contributed by atoms with Crippen LogP contribution in [0.3, 0.4) is 0 Å². The monoisotopic (exact) mass is 461 g/mol. The van der Waals surface area contributed by atoms with Crippen molar-refractivity contribution in [3.63, 3.8) is 0 Å². The SMILES string of the molecule is Cc1c(C(=O)Nc2cc(Cl)cc(Cl)c2)oc2c1/C(=N/NC(=O)c1cccs1)CCC2. The van der Waals surface area contributed by atoms with E-state index in [1.807, 2.05) is 18.4 Å². The van der Waals surface area contributed by atoms with E-state index in [1.165, 1.54) is 11.3 Å². The third kappa shape index (κ3) is 4.28. The Morgan fingerprint density at radius 1 is 1.13 bits per heavy atom. The molecular formula is C21H17Cl2N3O3S. The highest BCUT2D eigenvalue weighted by molar-refractivity contribution is 7.12. The standard InChI is InChI=1S/C21H17Cl2N3O3S/c1-11-18-15(25-26-20(27)17-6-3-7-30-17)4-2-5-16(18)29-19(11)21(28)24-14-9-12(22)8-13(23)10-14/h3,6-10H,2,4-5H2,1H3,(H,24,28)(H,26,27)/b25-15+. The number of benzene rings is 1. The maximum Gasteiger partial charge on any atom is 0.291 e.